The minimum Gasteiger partial charge on any atom is -0.478 e. The topological polar surface area (TPSA) is 88.7 Å². The van der Waals surface area contributed by atoms with Gasteiger partial charge in [0.2, 0.25) is 0 Å². The Hall–Kier alpha value is -3.19. The molecule has 1 aliphatic carbocycles. The molecule has 3 atom stereocenters. The Morgan fingerprint density at radius 3 is 2.49 bits per heavy atom. The van der Waals surface area contributed by atoms with Crippen molar-refractivity contribution in [3.8, 4) is 11.3 Å². The van der Waals surface area contributed by atoms with Gasteiger partial charge in [0.05, 0.1) is 24.0 Å². The van der Waals surface area contributed by atoms with Crippen LogP contribution in [-0.4, -0.2) is 39.4 Å². The summed E-state index contributed by atoms with van der Waals surface area (Å²) in [4.78, 5) is 18.4. The van der Waals surface area contributed by atoms with Crippen molar-refractivity contribution in [1.29, 1.82) is 0 Å². The van der Waals surface area contributed by atoms with Crippen LogP contribution in [0.3, 0.4) is 0 Å². The summed E-state index contributed by atoms with van der Waals surface area (Å²) in [5.74, 6) is 1.43. The molecule has 1 saturated carbocycles. The smallest absolute Gasteiger partial charge is 0.337 e. The number of hydrogen-bond donors (Lipinski definition) is 1. The fraction of sp³-hybridized carbons (Fsp3) is 0.464. The molecule has 1 aromatic carbocycles. The van der Waals surface area contributed by atoms with Gasteiger partial charge < -0.3 is 19.3 Å². The molecule has 35 heavy (non-hydrogen) atoms. The summed E-state index contributed by atoms with van der Waals surface area (Å²) in [7, 11) is 0. The molecule has 2 aliphatic heterocycles. The summed E-state index contributed by atoms with van der Waals surface area (Å²) in [5, 5.41) is 13.8. The number of nitrogens with zero attached hydrogens (tertiary/aromatic N) is 3. The van der Waals surface area contributed by atoms with E-state index in [0.29, 0.717) is 30.3 Å². The van der Waals surface area contributed by atoms with Gasteiger partial charge in [-0.25, -0.2) is 9.78 Å². The van der Waals surface area contributed by atoms with E-state index in [0.717, 1.165) is 66.9 Å². The van der Waals surface area contributed by atoms with Gasteiger partial charge in [0, 0.05) is 29.1 Å². The monoisotopic (exact) mass is 473 g/mol. The Balaban J connectivity index is 1.18. The summed E-state index contributed by atoms with van der Waals surface area (Å²) < 4.78 is 12.4. The van der Waals surface area contributed by atoms with E-state index in [1.807, 2.05) is 18.2 Å². The van der Waals surface area contributed by atoms with E-state index >= 15 is 0 Å². The van der Waals surface area contributed by atoms with Crippen LogP contribution >= 0.6 is 0 Å². The Morgan fingerprint density at radius 1 is 1.09 bits per heavy atom. The van der Waals surface area contributed by atoms with E-state index in [1.54, 1.807) is 13.0 Å². The largest absolute Gasteiger partial charge is 0.478 e. The summed E-state index contributed by atoms with van der Waals surface area (Å²) in [6.45, 7) is 4.40. The van der Waals surface area contributed by atoms with Gasteiger partial charge in [-0.05, 0) is 70.1 Å². The fourth-order valence-corrected chi connectivity index (χ4v) is 5.93. The molecule has 2 bridgehead atoms. The van der Waals surface area contributed by atoms with Crippen molar-refractivity contribution < 1.29 is 19.2 Å². The lowest BCUT2D eigenvalue weighted by atomic mass is 9.98. The lowest BCUT2D eigenvalue weighted by molar-refractivity contribution is 0.0146. The van der Waals surface area contributed by atoms with Gasteiger partial charge in [-0.3, -0.25) is 0 Å². The van der Waals surface area contributed by atoms with Crippen molar-refractivity contribution in [2.75, 3.05) is 4.90 Å². The molecule has 1 N–H and O–H groups in total. The molecule has 182 valence electrons. The highest BCUT2D eigenvalue weighted by atomic mass is 16.5. The number of ether oxygens (including phenoxy) is 1. The highest BCUT2D eigenvalue weighted by molar-refractivity contribution is 5.89. The number of fused-ring (bicyclic) bond motifs is 2. The molecule has 2 saturated heterocycles. The molecule has 2 unspecified atom stereocenters. The van der Waals surface area contributed by atoms with E-state index in [1.165, 1.54) is 5.56 Å². The molecule has 6 rings (SSSR count). The summed E-state index contributed by atoms with van der Waals surface area (Å²) in [5.41, 5.74) is 5.16. The van der Waals surface area contributed by atoms with Gasteiger partial charge in [-0.2, -0.15) is 0 Å². The minimum atomic E-state index is -0.930. The second kappa shape index (κ2) is 8.79. The SMILES string of the molecule is Cc1ccccc1-c1noc(C2CC2)c1COC1CC2CC[C@@H](C1)N2c1ccc(C(=O)O)c(C)n1. The number of carboxylic acids is 1. The first-order chi connectivity index (χ1) is 17.0. The van der Waals surface area contributed by atoms with Crippen molar-refractivity contribution in [3.05, 3.63) is 64.5 Å². The van der Waals surface area contributed by atoms with Gasteiger partial charge in [-0.1, -0.05) is 29.4 Å². The molecular formula is C28H31N3O4. The second-order valence-electron chi connectivity index (χ2n) is 10.3. The first-order valence-corrected chi connectivity index (χ1v) is 12.6. The molecule has 3 aromatic rings. The van der Waals surface area contributed by atoms with Crippen molar-refractivity contribution >= 4 is 11.8 Å². The number of aromatic carboxylic acids is 1. The number of carbonyl (C=O) groups is 1. The number of aryl methyl sites for hydroxylation is 2. The zero-order valence-electron chi connectivity index (χ0n) is 20.2. The van der Waals surface area contributed by atoms with Crippen LogP contribution in [0.25, 0.3) is 11.3 Å². The first kappa shape index (κ1) is 22.3. The number of aromatic nitrogens is 2. The molecule has 0 amide bonds. The average Bonchev–Trinajstić information content (AvgIpc) is 3.54. The highest BCUT2D eigenvalue weighted by Gasteiger charge is 2.42. The molecule has 7 heteroatoms. The maximum absolute atomic E-state index is 11.4. The van der Waals surface area contributed by atoms with Gasteiger partial charge in [0.15, 0.2) is 0 Å². The highest BCUT2D eigenvalue weighted by Crippen LogP contribution is 2.45. The van der Waals surface area contributed by atoms with Crippen LogP contribution in [0.15, 0.2) is 40.9 Å². The first-order valence-electron chi connectivity index (χ1n) is 12.6. The normalized spacial score (nSPS) is 23.6. The van der Waals surface area contributed by atoms with Crippen molar-refractivity contribution in [2.45, 2.75) is 83.1 Å². The maximum atomic E-state index is 11.4. The van der Waals surface area contributed by atoms with Crippen LogP contribution in [0.2, 0.25) is 0 Å². The molecule has 0 spiro atoms. The molecule has 7 nitrogen and oxygen atoms in total. The van der Waals surface area contributed by atoms with E-state index in [2.05, 4.69) is 34.1 Å². The van der Waals surface area contributed by atoms with E-state index in [4.69, 9.17) is 9.26 Å². The van der Waals surface area contributed by atoms with Crippen LogP contribution in [-0.2, 0) is 11.3 Å². The molecule has 4 heterocycles. The lowest BCUT2D eigenvalue weighted by Gasteiger charge is -2.39. The molecule has 2 aromatic heterocycles. The van der Waals surface area contributed by atoms with Crippen LogP contribution in [0.1, 0.15) is 77.4 Å². The van der Waals surface area contributed by atoms with E-state index < -0.39 is 5.97 Å². The molecule has 0 radical (unpaired) electrons. The third kappa shape index (κ3) is 4.12. The number of rotatable bonds is 7. The Morgan fingerprint density at radius 2 is 1.83 bits per heavy atom. The quantitative estimate of drug-likeness (QED) is 0.475. The average molecular weight is 474 g/mol. The predicted octanol–water partition coefficient (Wildman–Crippen LogP) is 5.65. The Labute approximate surface area is 205 Å². The zero-order valence-corrected chi connectivity index (χ0v) is 20.2. The molecule has 3 fully saturated rings. The summed E-state index contributed by atoms with van der Waals surface area (Å²) in [6.07, 6.45) is 6.61. The number of benzene rings is 1. The van der Waals surface area contributed by atoms with Crippen LogP contribution in [0, 0.1) is 13.8 Å². The number of anilines is 1. The predicted molar refractivity (Wildman–Crippen MR) is 132 cm³/mol. The van der Waals surface area contributed by atoms with E-state index in [-0.39, 0.29) is 11.7 Å². The number of carboxylic acid groups (broad SMARTS) is 1. The number of pyridine rings is 1. The van der Waals surface area contributed by atoms with Crippen LogP contribution in [0.5, 0.6) is 0 Å². The van der Waals surface area contributed by atoms with Gasteiger partial charge in [0.1, 0.15) is 17.3 Å². The summed E-state index contributed by atoms with van der Waals surface area (Å²) >= 11 is 0. The minimum absolute atomic E-state index is 0.176. The van der Waals surface area contributed by atoms with Crippen LogP contribution in [0.4, 0.5) is 5.82 Å². The number of hydrogen-bond acceptors (Lipinski definition) is 6. The third-order valence-electron chi connectivity index (χ3n) is 7.89. The van der Waals surface area contributed by atoms with Gasteiger partial charge >= 0.3 is 5.97 Å². The summed E-state index contributed by atoms with van der Waals surface area (Å²) in [6, 6.07) is 12.6. The second-order valence-corrected chi connectivity index (χ2v) is 10.3. The Bertz CT molecular complexity index is 1250. The van der Waals surface area contributed by atoms with Gasteiger partial charge in [0.25, 0.3) is 0 Å². The maximum Gasteiger partial charge on any atom is 0.337 e. The number of piperidine rings is 1. The lowest BCUT2D eigenvalue weighted by Crippen LogP contribution is -2.46. The van der Waals surface area contributed by atoms with Crippen molar-refractivity contribution in [3.63, 3.8) is 0 Å². The Kier molecular flexibility index (Phi) is 5.60. The molecular weight excluding hydrogens is 442 g/mol. The van der Waals surface area contributed by atoms with Gasteiger partial charge in [-0.15, -0.1) is 0 Å². The standard InChI is InChI=1S/C28H31N3O4/c1-16-5-3-4-6-22(16)26-24(27(35-30-26)18-7-8-18)15-34-21-13-19-9-10-20(14-21)31(19)25-12-11-23(28(32)33)17(2)29-25/h3-6,11-12,18-21H,7-10,13-15H2,1-2H3,(H,32,33)/t19-,20?,21?/m0/s1. The van der Waals surface area contributed by atoms with Crippen molar-refractivity contribution in [1.82, 2.24) is 10.1 Å². The van der Waals surface area contributed by atoms with Crippen molar-refractivity contribution in [2.24, 2.45) is 0 Å². The van der Waals surface area contributed by atoms with E-state index in [9.17, 15) is 9.90 Å². The molecule has 3 aliphatic rings. The van der Waals surface area contributed by atoms with Crippen LogP contribution < -0.4 is 4.90 Å². The zero-order chi connectivity index (χ0) is 24.1. The third-order valence-corrected chi connectivity index (χ3v) is 7.89. The fourth-order valence-electron chi connectivity index (χ4n) is 5.93.